The van der Waals surface area contributed by atoms with Crippen molar-refractivity contribution < 1.29 is 22.5 Å². The predicted octanol–water partition coefficient (Wildman–Crippen LogP) is 0.247. The molecular weight excluding hydrogens is 284 g/mol. The van der Waals surface area contributed by atoms with Gasteiger partial charge in [0.05, 0.1) is 6.54 Å². The van der Waals surface area contributed by atoms with Crippen LogP contribution in [-0.4, -0.2) is 6.54 Å². The van der Waals surface area contributed by atoms with Crippen LogP contribution in [0.2, 0.25) is 5.02 Å². The molecule has 1 atom stereocenters. The van der Waals surface area contributed by atoms with Crippen molar-refractivity contribution in [2.45, 2.75) is 12.3 Å². The molecule has 0 saturated heterocycles. The molecule has 19 heavy (non-hydrogen) atoms. The van der Waals surface area contributed by atoms with E-state index in [1.165, 1.54) is 6.07 Å². The third-order valence-electron chi connectivity index (χ3n) is 2.99. The second kappa shape index (κ2) is 7.49. The summed E-state index contributed by atoms with van der Waals surface area (Å²) in [6.07, 6.45) is 0.879. The third kappa shape index (κ3) is 4.20. The van der Waals surface area contributed by atoms with Gasteiger partial charge in [-0.15, -0.1) is 0 Å². The third-order valence-corrected chi connectivity index (χ3v) is 3.23. The lowest BCUT2D eigenvalue weighted by atomic mass is 9.88. The summed E-state index contributed by atoms with van der Waals surface area (Å²) < 4.78 is 13.3. The number of hydrogen-bond acceptors (Lipinski definition) is 0. The number of quaternary nitrogens is 1. The highest BCUT2D eigenvalue weighted by Gasteiger charge is 2.15. The first-order valence-electron chi connectivity index (χ1n) is 6.01. The van der Waals surface area contributed by atoms with E-state index in [4.69, 9.17) is 11.6 Å². The van der Waals surface area contributed by atoms with Gasteiger partial charge in [0.25, 0.3) is 0 Å². The number of hydrogen-bond donors (Lipinski definition) is 1. The van der Waals surface area contributed by atoms with Crippen LogP contribution in [0, 0.1) is 5.82 Å². The summed E-state index contributed by atoms with van der Waals surface area (Å²) in [7, 11) is 0. The molecule has 0 bridgehead atoms. The van der Waals surface area contributed by atoms with Gasteiger partial charge < -0.3 is 18.1 Å². The molecule has 0 aliphatic rings. The summed E-state index contributed by atoms with van der Waals surface area (Å²) in [5, 5.41) is 0.706. The molecule has 0 radical (unpaired) electrons. The Morgan fingerprint density at radius 3 is 2.26 bits per heavy atom. The van der Waals surface area contributed by atoms with Crippen LogP contribution in [0.3, 0.4) is 0 Å². The van der Waals surface area contributed by atoms with Crippen molar-refractivity contribution >= 4 is 11.6 Å². The van der Waals surface area contributed by atoms with Gasteiger partial charge in [-0.2, -0.15) is 0 Å². The van der Waals surface area contributed by atoms with Crippen LogP contribution in [0.25, 0.3) is 0 Å². The lowest BCUT2D eigenvalue weighted by molar-refractivity contribution is -0.368. The maximum atomic E-state index is 13.3. The van der Waals surface area contributed by atoms with E-state index in [9.17, 15) is 4.39 Å². The van der Waals surface area contributed by atoms with E-state index in [2.05, 4.69) is 5.73 Å². The lowest BCUT2D eigenvalue weighted by Gasteiger charge is -2.16. The van der Waals surface area contributed by atoms with Gasteiger partial charge in [-0.25, -0.2) is 4.39 Å². The summed E-state index contributed by atoms with van der Waals surface area (Å²) in [6.45, 7) is 0.799. The maximum Gasteiger partial charge on any atom is 0.123 e. The van der Waals surface area contributed by atoms with Crippen LogP contribution in [0.4, 0.5) is 4.39 Å². The monoisotopic (exact) mass is 299 g/mol. The molecule has 1 nitrogen and oxygen atoms in total. The Morgan fingerprint density at radius 1 is 1.05 bits per heavy atom. The van der Waals surface area contributed by atoms with Crippen LogP contribution in [0.15, 0.2) is 48.5 Å². The first-order chi connectivity index (χ1) is 8.70. The van der Waals surface area contributed by atoms with Gasteiger partial charge in [-0.1, -0.05) is 35.9 Å². The normalized spacial score (nSPS) is 11.7. The van der Waals surface area contributed by atoms with Crippen LogP contribution in [0.1, 0.15) is 23.5 Å². The zero-order valence-electron chi connectivity index (χ0n) is 10.5. The topological polar surface area (TPSA) is 27.6 Å². The molecule has 0 spiro atoms. The van der Waals surface area contributed by atoms with E-state index in [1.807, 2.05) is 30.3 Å². The molecule has 0 fully saturated rings. The zero-order valence-corrected chi connectivity index (χ0v) is 12.0. The molecule has 1 unspecified atom stereocenters. The highest BCUT2D eigenvalue weighted by atomic mass is 35.5. The molecule has 0 aliphatic heterocycles. The van der Waals surface area contributed by atoms with E-state index < -0.39 is 0 Å². The Hall–Kier alpha value is -1.09. The average molecular weight is 300 g/mol. The molecule has 0 saturated carbocycles. The zero-order chi connectivity index (χ0) is 13.0. The Kier molecular flexibility index (Phi) is 6.29. The van der Waals surface area contributed by atoms with Crippen molar-refractivity contribution in [3.63, 3.8) is 0 Å². The second-order valence-electron chi connectivity index (χ2n) is 4.30. The molecule has 3 N–H and O–H groups in total. The Morgan fingerprint density at radius 2 is 1.68 bits per heavy atom. The quantitative estimate of drug-likeness (QED) is 0.838. The smallest absolute Gasteiger partial charge is 0.123 e. The minimum atomic E-state index is -0.205. The molecule has 2 aromatic rings. The average Bonchev–Trinajstić information content (AvgIpc) is 2.36. The second-order valence-corrected chi connectivity index (χ2v) is 4.74. The van der Waals surface area contributed by atoms with E-state index in [0.29, 0.717) is 5.02 Å². The van der Waals surface area contributed by atoms with Crippen LogP contribution >= 0.6 is 11.6 Å². The molecule has 0 aliphatic carbocycles. The highest BCUT2D eigenvalue weighted by Crippen LogP contribution is 2.29. The summed E-state index contributed by atoms with van der Waals surface area (Å²) in [5.74, 6) is -0.0551. The first kappa shape index (κ1) is 16.0. The molecule has 4 heteroatoms. The first-order valence-corrected chi connectivity index (χ1v) is 6.38. The molecule has 2 aromatic carbocycles. The van der Waals surface area contributed by atoms with Gasteiger partial charge in [-0.3, -0.25) is 0 Å². The van der Waals surface area contributed by atoms with Gasteiger partial charge in [0, 0.05) is 17.4 Å². The molecule has 0 aromatic heterocycles. The van der Waals surface area contributed by atoms with Gasteiger partial charge in [-0.05, 0) is 35.4 Å². The highest BCUT2D eigenvalue weighted by molar-refractivity contribution is 6.30. The number of halogens is 3. The van der Waals surface area contributed by atoms with E-state index >= 15 is 0 Å². The maximum absolute atomic E-state index is 13.3. The van der Waals surface area contributed by atoms with E-state index in [0.717, 1.165) is 24.1 Å². The summed E-state index contributed by atoms with van der Waals surface area (Å²) in [5.41, 5.74) is 5.98. The van der Waals surface area contributed by atoms with Gasteiger partial charge in [0.15, 0.2) is 0 Å². The van der Waals surface area contributed by atoms with Crippen LogP contribution in [0.5, 0.6) is 0 Å². The fourth-order valence-corrected chi connectivity index (χ4v) is 2.38. The fraction of sp³-hybridized carbons (Fsp3) is 0.200. The molecule has 0 amide bonds. The van der Waals surface area contributed by atoms with Crippen molar-refractivity contribution in [3.8, 4) is 0 Å². The Balaban J connectivity index is 0.00000180. The minimum absolute atomic E-state index is 0. The van der Waals surface area contributed by atoms with Gasteiger partial charge >= 0.3 is 0 Å². The Labute approximate surface area is 124 Å². The largest absolute Gasteiger partial charge is 1.00 e. The molecule has 0 heterocycles. The minimum Gasteiger partial charge on any atom is -1.00 e. The number of benzene rings is 2. The SMILES string of the molecule is [Cl-].[NH3+]CCC(c1cccc(F)c1)c1cccc(Cl)c1. The van der Waals surface area contributed by atoms with Gasteiger partial charge in [0.2, 0.25) is 0 Å². The molecule has 2 rings (SSSR count). The molecular formula is C15H16Cl2FN. The predicted molar refractivity (Wildman–Crippen MR) is 72.1 cm³/mol. The lowest BCUT2D eigenvalue weighted by Crippen LogP contribution is -3.00. The van der Waals surface area contributed by atoms with Crippen molar-refractivity contribution in [1.29, 1.82) is 0 Å². The van der Waals surface area contributed by atoms with Crippen LogP contribution < -0.4 is 18.1 Å². The standard InChI is InChI=1S/C15H15ClFN.ClH/c16-13-5-1-3-11(9-13)15(7-8-18)12-4-2-6-14(17)10-12;/h1-6,9-10,15H,7-8,18H2;1H. The van der Waals surface area contributed by atoms with Crippen molar-refractivity contribution in [2.75, 3.05) is 6.54 Å². The van der Waals surface area contributed by atoms with Crippen LogP contribution in [-0.2, 0) is 0 Å². The Bertz CT molecular complexity index is 486. The fourth-order valence-electron chi connectivity index (χ4n) is 2.18. The van der Waals surface area contributed by atoms with E-state index in [-0.39, 0.29) is 24.1 Å². The van der Waals surface area contributed by atoms with E-state index in [1.54, 1.807) is 12.1 Å². The van der Waals surface area contributed by atoms with Crippen molar-refractivity contribution in [2.24, 2.45) is 0 Å². The van der Waals surface area contributed by atoms with Crippen molar-refractivity contribution in [3.05, 3.63) is 70.5 Å². The summed E-state index contributed by atoms with van der Waals surface area (Å²) in [6, 6.07) is 14.5. The summed E-state index contributed by atoms with van der Waals surface area (Å²) in [4.78, 5) is 0. The number of rotatable bonds is 4. The van der Waals surface area contributed by atoms with Crippen molar-refractivity contribution in [1.82, 2.24) is 0 Å². The molecule has 102 valence electrons. The summed E-state index contributed by atoms with van der Waals surface area (Å²) >= 11 is 6.02. The van der Waals surface area contributed by atoms with Gasteiger partial charge in [0.1, 0.15) is 5.82 Å².